The SMILES string of the molecule is CC(C)(C)OC(=O)NCCC(=O)Nc1ccc(F)c(Br)c1F. The highest BCUT2D eigenvalue weighted by molar-refractivity contribution is 9.10. The summed E-state index contributed by atoms with van der Waals surface area (Å²) in [6.07, 6.45) is -0.718. The molecule has 0 aliphatic carbocycles. The molecule has 2 N–H and O–H groups in total. The molecule has 0 heterocycles. The van der Waals surface area contributed by atoms with Crippen LogP contribution in [0.2, 0.25) is 0 Å². The Kier molecular flexibility index (Phi) is 6.28. The first-order valence-corrected chi connectivity index (χ1v) is 7.29. The third-order valence-corrected chi connectivity index (χ3v) is 3.06. The lowest BCUT2D eigenvalue weighted by molar-refractivity contribution is -0.116. The highest BCUT2D eigenvalue weighted by Gasteiger charge is 2.16. The molecule has 0 radical (unpaired) electrons. The van der Waals surface area contributed by atoms with Crippen LogP contribution in [0, 0.1) is 11.6 Å². The monoisotopic (exact) mass is 378 g/mol. The Morgan fingerprint density at radius 1 is 1.27 bits per heavy atom. The quantitative estimate of drug-likeness (QED) is 0.786. The lowest BCUT2D eigenvalue weighted by atomic mass is 10.2. The number of halogens is 3. The van der Waals surface area contributed by atoms with Crippen LogP contribution < -0.4 is 10.6 Å². The van der Waals surface area contributed by atoms with Crippen LogP contribution in [0.25, 0.3) is 0 Å². The average molecular weight is 379 g/mol. The fourth-order valence-corrected chi connectivity index (χ4v) is 1.77. The molecule has 0 unspecified atom stereocenters. The highest BCUT2D eigenvalue weighted by Crippen LogP contribution is 2.25. The van der Waals surface area contributed by atoms with Crippen LogP contribution in [0.4, 0.5) is 19.3 Å². The normalized spacial score (nSPS) is 11.0. The van der Waals surface area contributed by atoms with Gasteiger partial charge in [-0.1, -0.05) is 0 Å². The molecule has 8 heteroatoms. The van der Waals surface area contributed by atoms with E-state index in [1.54, 1.807) is 20.8 Å². The van der Waals surface area contributed by atoms with Crippen molar-refractivity contribution in [3.05, 3.63) is 28.2 Å². The zero-order valence-corrected chi connectivity index (χ0v) is 14.0. The Bertz CT molecular complexity index is 574. The van der Waals surface area contributed by atoms with Crippen LogP contribution in [0.15, 0.2) is 16.6 Å². The van der Waals surface area contributed by atoms with E-state index in [1.165, 1.54) is 0 Å². The zero-order valence-electron chi connectivity index (χ0n) is 12.4. The second-order valence-corrected chi connectivity index (χ2v) is 6.24. The van der Waals surface area contributed by atoms with Crippen LogP contribution in [-0.2, 0) is 9.53 Å². The van der Waals surface area contributed by atoms with Crippen LogP contribution in [0.3, 0.4) is 0 Å². The van der Waals surface area contributed by atoms with Crippen LogP contribution >= 0.6 is 15.9 Å². The van der Waals surface area contributed by atoms with Crippen molar-refractivity contribution in [2.45, 2.75) is 32.8 Å². The van der Waals surface area contributed by atoms with Gasteiger partial charge in [-0.05, 0) is 48.8 Å². The molecule has 0 aliphatic rings. The van der Waals surface area contributed by atoms with Gasteiger partial charge in [-0.3, -0.25) is 4.79 Å². The maximum atomic E-state index is 13.7. The van der Waals surface area contributed by atoms with Crippen molar-refractivity contribution in [2.75, 3.05) is 11.9 Å². The summed E-state index contributed by atoms with van der Waals surface area (Å²) in [6, 6.07) is 2.15. The first-order valence-electron chi connectivity index (χ1n) is 6.50. The van der Waals surface area contributed by atoms with E-state index in [-0.39, 0.29) is 23.1 Å². The minimum atomic E-state index is -0.895. The van der Waals surface area contributed by atoms with Crippen molar-refractivity contribution in [3.63, 3.8) is 0 Å². The van der Waals surface area contributed by atoms with Gasteiger partial charge >= 0.3 is 6.09 Å². The van der Waals surface area contributed by atoms with Gasteiger partial charge in [0.15, 0.2) is 5.82 Å². The summed E-state index contributed by atoms with van der Waals surface area (Å²) < 4.78 is 31.4. The van der Waals surface area contributed by atoms with E-state index in [1.807, 2.05) is 0 Å². The van der Waals surface area contributed by atoms with Crippen molar-refractivity contribution in [1.82, 2.24) is 5.32 Å². The Morgan fingerprint density at radius 3 is 2.50 bits per heavy atom. The number of benzene rings is 1. The first-order chi connectivity index (χ1) is 10.1. The standard InChI is InChI=1S/C14H17BrF2N2O3/c1-14(2,3)22-13(21)18-7-6-10(20)19-9-5-4-8(16)11(15)12(9)17/h4-5H,6-7H2,1-3H3,(H,18,21)(H,19,20). The fourth-order valence-electron chi connectivity index (χ4n) is 1.43. The first kappa shape index (κ1) is 18.3. The zero-order chi connectivity index (χ0) is 16.9. The molecule has 0 saturated carbocycles. The number of ether oxygens (including phenoxy) is 1. The molecule has 0 atom stereocenters. The van der Waals surface area contributed by atoms with E-state index < -0.39 is 29.2 Å². The lowest BCUT2D eigenvalue weighted by Gasteiger charge is -2.19. The van der Waals surface area contributed by atoms with Gasteiger partial charge in [0.05, 0.1) is 10.2 Å². The Labute approximate surface area is 135 Å². The van der Waals surface area contributed by atoms with Gasteiger partial charge < -0.3 is 15.4 Å². The number of alkyl carbamates (subject to hydrolysis) is 1. The number of carbonyl (C=O) groups is 2. The maximum Gasteiger partial charge on any atom is 0.407 e. The van der Waals surface area contributed by atoms with Crippen molar-refractivity contribution in [2.24, 2.45) is 0 Å². The molecule has 5 nitrogen and oxygen atoms in total. The number of hydrogen-bond donors (Lipinski definition) is 2. The van der Waals surface area contributed by atoms with Gasteiger partial charge in [-0.25, -0.2) is 13.6 Å². The average Bonchev–Trinajstić information content (AvgIpc) is 2.37. The Morgan fingerprint density at radius 2 is 1.91 bits per heavy atom. The predicted octanol–water partition coefficient (Wildman–Crippen LogP) is 3.58. The van der Waals surface area contributed by atoms with Crippen molar-refractivity contribution in [3.8, 4) is 0 Å². The molecule has 22 heavy (non-hydrogen) atoms. The molecule has 2 amide bonds. The van der Waals surface area contributed by atoms with E-state index in [2.05, 4.69) is 26.6 Å². The molecule has 0 saturated heterocycles. The predicted molar refractivity (Wildman–Crippen MR) is 81.5 cm³/mol. The third kappa shape index (κ3) is 5.97. The molecular formula is C14H17BrF2N2O3. The second-order valence-electron chi connectivity index (χ2n) is 5.45. The molecular weight excluding hydrogens is 362 g/mol. The van der Waals surface area contributed by atoms with Gasteiger partial charge in [0.2, 0.25) is 5.91 Å². The topological polar surface area (TPSA) is 67.4 Å². The van der Waals surface area contributed by atoms with Gasteiger partial charge in [-0.15, -0.1) is 0 Å². The third-order valence-electron chi connectivity index (χ3n) is 2.33. The summed E-state index contributed by atoms with van der Waals surface area (Å²) in [6.45, 7) is 5.18. The summed E-state index contributed by atoms with van der Waals surface area (Å²) in [5, 5.41) is 4.70. The van der Waals surface area contributed by atoms with E-state index in [0.717, 1.165) is 12.1 Å². The second kappa shape index (κ2) is 7.53. The maximum absolute atomic E-state index is 13.7. The van der Waals surface area contributed by atoms with Gasteiger partial charge in [0, 0.05) is 13.0 Å². The Balaban J connectivity index is 2.45. The lowest BCUT2D eigenvalue weighted by Crippen LogP contribution is -2.34. The number of amides is 2. The van der Waals surface area contributed by atoms with Crippen LogP contribution in [0.5, 0.6) is 0 Å². The van der Waals surface area contributed by atoms with E-state index in [9.17, 15) is 18.4 Å². The molecule has 1 aromatic carbocycles. The largest absolute Gasteiger partial charge is 0.444 e. The summed E-state index contributed by atoms with van der Waals surface area (Å²) in [5.41, 5.74) is -0.772. The number of rotatable bonds is 4. The molecule has 0 fully saturated rings. The van der Waals surface area contributed by atoms with Gasteiger partial charge in [0.25, 0.3) is 0 Å². The van der Waals surface area contributed by atoms with Gasteiger partial charge in [-0.2, -0.15) is 0 Å². The van der Waals surface area contributed by atoms with Crippen molar-refractivity contribution in [1.29, 1.82) is 0 Å². The van der Waals surface area contributed by atoms with Crippen molar-refractivity contribution >= 4 is 33.6 Å². The summed E-state index contributed by atoms with van der Waals surface area (Å²) >= 11 is 2.74. The van der Waals surface area contributed by atoms with E-state index in [4.69, 9.17) is 4.74 Å². The Hall–Kier alpha value is -1.70. The molecule has 122 valence electrons. The molecule has 0 aromatic heterocycles. The number of anilines is 1. The minimum absolute atomic E-state index is 0.0325. The molecule has 0 spiro atoms. The molecule has 1 rings (SSSR count). The molecule has 0 bridgehead atoms. The van der Waals surface area contributed by atoms with Crippen molar-refractivity contribution < 1.29 is 23.1 Å². The van der Waals surface area contributed by atoms with E-state index >= 15 is 0 Å². The molecule has 0 aliphatic heterocycles. The summed E-state index contributed by atoms with van der Waals surface area (Å²) in [4.78, 5) is 23.0. The minimum Gasteiger partial charge on any atom is -0.444 e. The highest BCUT2D eigenvalue weighted by atomic mass is 79.9. The number of carbonyl (C=O) groups excluding carboxylic acids is 2. The fraction of sp³-hybridized carbons (Fsp3) is 0.429. The smallest absolute Gasteiger partial charge is 0.407 e. The van der Waals surface area contributed by atoms with Crippen LogP contribution in [-0.4, -0.2) is 24.1 Å². The van der Waals surface area contributed by atoms with E-state index in [0.29, 0.717) is 0 Å². The summed E-state index contributed by atoms with van der Waals surface area (Å²) in [7, 11) is 0. The summed E-state index contributed by atoms with van der Waals surface area (Å²) in [5.74, 6) is -2.18. The van der Waals surface area contributed by atoms with Crippen LogP contribution in [0.1, 0.15) is 27.2 Å². The number of hydrogen-bond acceptors (Lipinski definition) is 3. The number of nitrogens with one attached hydrogen (secondary N) is 2. The molecule has 1 aromatic rings. The van der Waals surface area contributed by atoms with Gasteiger partial charge in [0.1, 0.15) is 11.4 Å².